The zero-order valence-corrected chi connectivity index (χ0v) is 8.32. The van der Waals surface area contributed by atoms with Gasteiger partial charge in [-0.05, 0) is 13.3 Å². The van der Waals surface area contributed by atoms with E-state index in [9.17, 15) is 4.79 Å². The summed E-state index contributed by atoms with van der Waals surface area (Å²) in [6.45, 7) is 7.64. The SMILES string of the molecule is C=C(C)C1COC2(C1)CN(C(=O)O)C2. The smallest absolute Gasteiger partial charge is 0.407 e. The maximum atomic E-state index is 10.6. The molecule has 2 heterocycles. The van der Waals surface area contributed by atoms with Crippen LogP contribution in [0.1, 0.15) is 13.3 Å². The third-order valence-electron chi connectivity index (χ3n) is 3.13. The van der Waals surface area contributed by atoms with Crippen LogP contribution in [-0.4, -0.2) is 41.4 Å². The quantitative estimate of drug-likeness (QED) is 0.645. The fraction of sp³-hybridized carbons (Fsp3) is 0.700. The van der Waals surface area contributed by atoms with Crippen molar-refractivity contribution in [1.82, 2.24) is 4.90 Å². The van der Waals surface area contributed by atoms with Crippen LogP contribution in [0.25, 0.3) is 0 Å². The molecule has 4 heteroatoms. The number of carboxylic acid groups (broad SMARTS) is 1. The summed E-state index contributed by atoms with van der Waals surface area (Å²) in [6.07, 6.45) is 0.0737. The number of carbonyl (C=O) groups is 1. The number of hydrogen-bond acceptors (Lipinski definition) is 2. The summed E-state index contributed by atoms with van der Waals surface area (Å²) >= 11 is 0. The molecular formula is C10H15NO3. The van der Waals surface area contributed by atoms with Crippen molar-refractivity contribution in [2.45, 2.75) is 18.9 Å². The number of rotatable bonds is 1. The molecule has 0 bridgehead atoms. The van der Waals surface area contributed by atoms with Crippen LogP contribution in [0.2, 0.25) is 0 Å². The maximum Gasteiger partial charge on any atom is 0.407 e. The van der Waals surface area contributed by atoms with Gasteiger partial charge in [-0.2, -0.15) is 0 Å². The highest BCUT2D eigenvalue weighted by Gasteiger charge is 2.51. The van der Waals surface area contributed by atoms with E-state index in [1.54, 1.807) is 0 Å². The molecule has 1 unspecified atom stereocenters. The van der Waals surface area contributed by atoms with Crippen LogP contribution < -0.4 is 0 Å². The predicted molar refractivity (Wildman–Crippen MR) is 51.2 cm³/mol. The van der Waals surface area contributed by atoms with Gasteiger partial charge in [0.1, 0.15) is 5.60 Å². The summed E-state index contributed by atoms with van der Waals surface area (Å²) in [7, 11) is 0. The number of ether oxygens (including phenoxy) is 1. The summed E-state index contributed by atoms with van der Waals surface area (Å²) in [5.41, 5.74) is 0.942. The first kappa shape index (κ1) is 9.52. The summed E-state index contributed by atoms with van der Waals surface area (Å²) < 4.78 is 5.66. The standard InChI is InChI=1S/C10H15NO3/c1-7(2)8-3-10(14-4-8)5-11(6-10)9(12)13/h8H,1,3-6H2,2H3,(H,12,13). The number of amides is 1. The molecule has 14 heavy (non-hydrogen) atoms. The Morgan fingerprint density at radius 2 is 2.29 bits per heavy atom. The van der Waals surface area contributed by atoms with Gasteiger partial charge in [0.25, 0.3) is 0 Å². The van der Waals surface area contributed by atoms with Gasteiger partial charge in [0.2, 0.25) is 0 Å². The van der Waals surface area contributed by atoms with Crippen molar-refractivity contribution in [2.24, 2.45) is 5.92 Å². The molecule has 0 aliphatic carbocycles. The van der Waals surface area contributed by atoms with Gasteiger partial charge in [-0.3, -0.25) is 0 Å². The highest BCUT2D eigenvalue weighted by Crippen LogP contribution is 2.39. The molecule has 0 aromatic heterocycles. The molecule has 0 aromatic rings. The van der Waals surface area contributed by atoms with E-state index in [-0.39, 0.29) is 5.60 Å². The molecule has 2 saturated heterocycles. The highest BCUT2D eigenvalue weighted by atomic mass is 16.5. The van der Waals surface area contributed by atoms with Crippen LogP contribution in [0.15, 0.2) is 12.2 Å². The van der Waals surface area contributed by atoms with Gasteiger partial charge in [-0.25, -0.2) is 4.79 Å². The van der Waals surface area contributed by atoms with Gasteiger partial charge in [0.15, 0.2) is 0 Å². The lowest BCUT2D eigenvalue weighted by Crippen LogP contribution is -2.62. The monoisotopic (exact) mass is 197 g/mol. The molecule has 1 atom stereocenters. The lowest BCUT2D eigenvalue weighted by atomic mass is 9.85. The van der Waals surface area contributed by atoms with Gasteiger partial charge in [0.05, 0.1) is 19.7 Å². The fourth-order valence-electron chi connectivity index (χ4n) is 2.17. The highest BCUT2D eigenvalue weighted by molar-refractivity contribution is 5.66. The predicted octanol–water partition coefficient (Wildman–Crippen LogP) is 1.33. The van der Waals surface area contributed by atoms with Crippen molar-refractivity contribution in [1.29, 1.82) is 0 Å². The van der Waals surface area contributed by atoms with Gasteiger partial charge in [-0.15, -0.1) is 0 Å². The molecule has 2 rings (SSSR count). The largest absolute Gasteiger partial charge is 0.465 e. The van der Waals surface area contributed by atoms with Crippen LogP contribution in [-0.2, 0) is 4.74 Å². The second-order valence-electron chi connectivity index (χ2n) is 4.38. The van der Waals surface area contributed by atoms with E-state index in [4.69, 9.17) is 9.84 Å². The molecule has 1 N–H and O–H groups in total. The molecule has 0 saturated carbocycles. The molecule has 0 aromatic carbocycles. The second kappa shape index (κ2) is 2.98. The Balaban J connectivity index is 1.91. The summed E-state index contributed by atoms with van der Waals surface area (Å²) in [4.78, 5) is 12.0. The molecule has 0 radical (unpaired) electrons. The molecule has 2 aliphatic heterocycles. The van der Waals surface area contributed by atoms with Crippen LogP contribution >= 0.6 is 0 Å². The molecule has 4 nitrogen and oxygen atoms in total. The number of hydrogen-bond donors (Lipinski definition) is 1. The van der Waals surface area contributed by atoms with Crippen LogP contribution in [0.5, 0.6) is 0 Å². The zero-order valence-electron chi connectivity index (χ0n) is 8.32. The van der Waals surface area contributed by atoms with Gasteiger partial charge >= 0.3 is 6.09 Å². The van der Waals surface area contributed by atoms with Crippen LogP contribution in [0, 0.1) is 5.92 Å². The number of nitrogens with zero attached hydrogens (tertiary/aromatic N) is 1. The third-order valence-corrected chi connectivity index (χ3v) is 3.13. The van der Waals surface area contributed by atoms with E-state index in [2.05, 4.69) is 6.58 Å². The molecule has 1 spiro atoms. The lowest BCUT2D eigenvalue weighted by molar-refractivity contribution is -0.0981. The lowest BCUT2D eigenvalue weighted by Gasteiger charge is -2.45. The number of likely N-dealkylation sites (tertiary alicyclic amines) is 1. The maximum absolute atomic E-state index is 10.6. The van der Waals surface area contributed by atoms with E-state index >= 15 is 0 Å². The van der Waals surface area contributed by atoms with Gasteiger partial charge in [-0.1, -0.05) is 12.2 Å². The van der Waals surface area contributed by atoms with E-state index < -0.39 is 6.09 Å². The Morgan fingerprint density at radius 3 is 2.71 bits per heavy atom. The minimum atomic E-state index is -0.849. The molecule has 2 fully saturated rings. The van der Waals surface area contributed by atoms with Gasteiger partial charge < -0.3 is 14.7 Å². The first-order valence-electron chi connectivity index (χ1n) is 4.80. The summed E-state index contributed by atoms with van der Waals surface area (Å²) in [5.74, 6) is 0.408. The zero-order chi connectivity index (χ0) is 10.3. The summed E-state index contributed by atoms with van der Waals surface area (Å²) in [6, 6.07) is 0. The van der Waals surface area contributed by atoms with E-state index in [0.717, 1.165) is 12.0 Å². The second-order valence-corrected chi connectivity index (χ2v) is 4.38. The molecule has 78 valence electrons. The fourth-order valence-corrected chi connectivity index (χ4v) is 2.17. The van der Waals surface area contributed by atoms with Gasteiger partial charge in [0, 0.05) is 5.92 Å². The topological polar surface area (TPSA) is 49.8 Å². The summed E-state index contributed by atoms with van der Waals surface area (Å²) in [5, 5.41) is 8.70. The first-order chi connectivity index (χ1) is 6.52. The molecule has 1 amide bonds. The Morgan fingerprint density at radius 1 is 1.64 bits per heavy atom. The average molecular weight is 197 g/mol. The van der Waals surface area contributed by atoms with Crippen molar-refractivity contribution in [3.8, 4) is 0 Å². The average Bonchev–Trinajstić information content (AvgIpc) is 2.44. The van der Waals surface area contributed by atoms with E-state index in [1.165, 1.54) is 4.90 Å². The van der Waals surface area contributed by atoms with Crippen molar-refractivity contribution < 1.29 is 14.6 Å². The van der Waals surface area contributed by atoms with E-state index in [1.807, 2.05) is 6.92 Å². The van der Waals surface area contributed by atoms with E-state index in [0.29, 0.717) is 25.6 Å². The molecular weight excluding hydrogens is 182 g/mol. The van der Waals surface area contributed by atoms with Crippen molar-refractivity contribution in [3.63, 3.8) is 0 Å². The van der Waals surface area contributed by atoms with Crippen molar-refractivity contribution in [2.75, 3.05) is 19.7 Å². The Labute approximate surface area is 83.2 Å². The van der Waals surface area contributed by atoms with Crippen LogP contribution in [0.4, 0.5) is 4.79 Å². The Bertz CT molecular complexity index is 281. The van der Waals surface area contributed by atoms with Crippen molar-refractivity contribution >= 4 is 6.09 Å². The van der Waals surface area contributed by atoms with Crippen LogP contribution in [0.3, 0.4) is 0 Å². The first-order valence-corrected chi connectivity index (χ1v) is 4.80. The third kappa shape index (κ3) is 1.39. The normalized spacial score (nSPS) is 28.9. The Kier molecular flexibility index (Phi) is 2.03. The minimum absolute atomic E-state index is 0.192. The Hall–Kier alpha value is -1.03. The molecule has 2 aliphatic rings. The van der Waals surface area contributed by atoms with Crippen molar-refractivity contribution in [3.05, 3.63) is 12.2 Å². The minimum Gasteiger partial charge on any atom is -0.465 e.